The summed E-state index contributed by atoms with van der Waals surface area (Å²) < 4.78 is 0. The van der Waals surface area contributed by atoms with Crippen molar-refractivity contribution in [1.82, 2.24) is 15.5 Å². The molecular weight excluding hydrogens is 222 g/mol. The molecule has 2 heterocycles. The van der Waals surface area contributed by atoms with Crippen molar-refractivity contribution in [2.75, 3.05) is 13.1 Å². The molecule has 2 aromatic rings. The maximum atomic E-state index is 6.05. The Balaban J connectivity index is 2.21. The number of nitrogens with zero attached hydrogens (tertiary/aromatic N) is 2. The van der Waals surface area contributed by atoms with Crippen molar-refractivity contribution in [3.63, 3.8) is 0 Å². The lowest BCUT2D eigenvalue weighted by Gasteiger charge is -2.10. The molecule has 1 unspecified atom stereocenters. The van der Waals surface area contributed by atoms with Gasteiger partial charge in [-0.3, -0.25) is 0 Å². The van der Waals surface area contributed by atoms with Crippen molar-refractivity contribution in [3.8, 4) is 0 Å². The number of hydrogen-bond acceptors (Lipinski definition) is 3. The lowest BCUT2D eigenvalue weighted by atomic mass is 9.99. The maximum absolute atomic E-state index is 6.05. The van der Waals surface area contributed by atoms with E-state index in [1.807, 2.05) is 18.2 Å². The predicted octanol–water partition coefficient (Wildman–Crippen LogP) is 2.36. The van der Waals surface area contributed by atoms with Crippen LogP contribution in [0.4, 0.5) is 0 Å². The summed E-state index contributed by atoms with van der Waals surface area (Å²) in [7, 11) is 0. The Hall–Kier alpha value is -1.19. The SMILES string of the molecule is Clc1nnc(C2CCNC2)c2ccccc12. The zero-order valence-corrected chi connectivity index (χ0v) is 9.54. The van der Waals surface area contributed by atoms with Crippen LogP contribution >= 0.6 is 11.6 Å². The predicted molar refractivity (Wildman–Crippen MR) is 64.8 cm³/mol. The average Bonchev–Trinajstić information content (AvgIpc) is 2.83. The van der Waals surface area contributed by atoms with E-state index in [-0.39, 0.29) is 0 Å². The summed E-state index contributed by atoms with van der Waals surface area (Å²) in [5.41, 5.74) is 1.07. The van der Waals surface area contributed by atoms with Gasteiger partial charge in [-0.25, -0.2) is 0 Å². The summed E-state index contributed by atoms with van der Waals surface area (Å²) in [6.07, 6.45) is 1.13. The quantitative estimate of drug-likeness (QED) is 0.822. The Morgan fingerprint density at radius 2 is 2.00 bits per heavy atom. The highest BCUT2D eigenvalue weighted by Gasteiger charge is 2.21. The molecule has 3 rings (SSSR count). The molecule has 82 valence electrons. The van der Waals surface area contributed by atoms with E-state index in [4.69, 9.17) is 11.6 Å². The molecular formula is C12H12ClN3. The fourth-order valence-corrected chi connectivity index (χ4v) is 2.48. The number of rotatable bonds is 1. The van der Waals surface area contributed by atoms with Crippen LogP contribution in [0.2, 0.25) is 5.15 Å². The minimum absolute atomic E-state index is 0.467. The van der Waals surface area contributed by atoms with E-state index in [9.17, 15) is 0 Å². The summed E-state index contributed by atoms with van der Waals surface area (Å²) in [5.74, 6) is 0.467. The number of benzene rings is 1. The van der Waals surface area contributed by atoms with E-state index < -0.39 is 0 Å². The first-order valence-corrected chi connectivity index (χ1v) is 5.85. The van der Waals surface area contributed by atoms with E-state index in [0.29, 0.717) is 11.1 Å². The first kappa shape index (κ1) is 10.00. The fraction of sp³-hybridized carbons (Fsp3) is 0.333. The first-order valence-electron chi connectivity index (χ1n) is 5.48. The third-order valence-electron chi connectivity index (χ3n) is 3.12. The molecule has 16 heavy (non-hydrogen) atoms. The van der Waals surface area contributed by atoms with Crippen LogP contribution in [0.15, 0.2) is 24.3 Å². The van der Waals surface area contributed by atoms with Gasteiger partial charge in [0.15, 0.2) is 5.15 Å². The number of aromatic nitrogens is 2. The Morgan fingerprint density at radius 1 is 1.19 bits per heavy atom. The first-order chi connectivity index (χ1) is 7.86. The van der Waals surface area contributed by atoms with Crippen LogP contribution in [-0.2, 0) is 0 Å². The molecule has 1 aromatic carbocycles. The largest absolute Gasteiger partial charge is 0.316 e. The topological polar surface area (TPSA) is 37.8 Å². The van der Waals surface area contributed by atoms with Gasteiger partial charge in [-0.15, -0.1) is 5.10 Å². The van der Waals surface area contributed by atoms with Crippen LogP contribution in [0, 0.1) is 0 Å². The zero-order chi connectivity index (χ0) is 11.0. The summed E-state index contributed by atoms with van der Waals surface area (Å²) >= 11 is 6.05. The minimum Gasteiger partial charge on any atom is -0.316 e. The molecule has 0 radical (unpaired) electrons. The standard InChI is InChI=1S/C12H12ClN3/c13-12-10-4-2-1-3-9(10)11(15-16-12)8-5-6-14-7-8/h1-4,8,14H,5-7H2. The van der Waals surface area contributed by atoms with Gasteiger partial charge in [0.25, 0.3) is 0 Å². The molecule has 0 bridgehead atoms. The third-order valence-corrected chi connectivity index (χ3v) is 3.40. The van der Waals surface area contributed by atoms with Crippen LogP contribution in [-0.4, -0.2) is 23.3 Å². The molecule has 3 nitrogen and oxygen atoms in total. The smallest absolute Gasteiger partial charge is 0.159 e. The van der Waals surface area contributed by atoms with E-state index in [2.05, 4.69) is 21.6 Å². The molecule has 0 saturated carbocycles. The molecule has 1 aliphatic heterocycles. The van der Waals surface area contributed by atoms with Gasteiger partial charge >= 0.3 is 0 Å². The van der Waals surface area contributed by atoms with E-state index in [0.717, 1.165) is 36.0 Å². The van der Waals surface area contributed by atoms with Gasteiger partial charge in [-0.05, 0) is 13.0 Å². The van der Waals surface area contributed by atoms with Crippen LogP contribution in [0.3, 0.4) is 0 Å². The van der Waals surface area contributed by atoms with Gasteiger partial charge in [0.2, 0.25) is 0 Å². The van der Waals surface area contributed by atoms with Gasteiger partial charge in [0.05, 0.1) is 5.69 Å². The van der Waals surface area contributed by atoms with Crippen LogP contribution < -0.4 is 5.32 Å². The van der Waals surface area contributed by atoms with Gasteiger partial charge in [0.1, 0.15) is 0 Å². The van der Waals surface area contributed by atoms with Crippen molar-refractivity contribution in [3.05, 3.63) is 35.1 Å². The van der Waals surface area contributed by atoms with Gasteiger partial charge in [-0.2, -0.15) is 5.10 Å². The minimum atomic E-state index is 0.467. The van der Waals surface area contributed by atoms with Crippen LogP contribution in [0.1, 0.15) is 18.0 Å². The number of fused-ring (bicyclic) bond motifs is 1. The Morgan fingerprint density at radius 3 is 2.75 bits per heavy atom. The molecule has 0 aliphatic carbocycles. The van der Waals surface area contributed by atoms with Crippen molar-refractivity contribution in [2.24, 2.45) is 0 Å². The molecule has 0 amide bonds. The highest BCUT2D eigenvalue weighted by molar-refractivity contribution is 6.34. The summed E-state index contributed by atoms with van der Waals surface area (Å²) in [6, 6.07) is 8.07. The summed E-state index contributed by atoms with van der Waals surface area (Å²) in [4.78, 5) is 0. The normalized spacial score (nSPS) is 20.4. The second-order valence-electron chi connectivity index (χ2n) is 4.11. The van der Waals surface area contributed by atoms with Gasteiger partial charge < -0.3 is 5.32 Å². The molecule has 1 aromatic heterocycles. The molecule has 1 atom stereocenters. The van der Waals surface area contributed by atoms with Crippen molar-refractivity contribution < 1.29 is 0 Å². The van der Waals surface area contributed by atoms with Crippen molar-refractivity contribution >= 4 is 22.4 Å². The lowest BCUT2D eigenvalue weighted by molar-refractivity contribution is 0.724. The maximum Gasteiger partial charge on any atom is 0.159 e. The van der Waals surface area contributed by atoms with E-state index in [1.54, 1.807) is 0 Å². The van der Waals surface area contributed by atoms with Crippen LogP contribution in [0.25, 0.3) is 10.8 Å². The molecule has 1 aliphatic rings. The average molecular weight is 234 g/mol. The molecule has 1 saturated heterocycles. The highest BCUT2D eigenvalue weighted by Crippen LogP contribution is 2.29. The molecule has 1 fully saturated rings. The number of halogens is 1. The van der Waals surface area contributed by atoms with Crippen LogP contribution in [0.5, 0.6) is 0 Å². The number of hydrogen-bond donors (Lipinski definition) is 1. The highest BCUT2D eigenvalue weighted by atomic mass is 35.5. The third kappa shape index (κ3) is 1.56. The van der Waals surface area contributed by atoms with Crippen molar-refractivity contribution in [1.29, 1.82) is 0 Å². The Kier molecular flexibility index (Phi) is 2.50. The summed E-state index contributed by atoms with van der Waals surface area (Å²) in [6.45, 7) is 2.05. The van der Waals surface area contributed by atoms with Gasteiger partial charge in [-0.1, -0.05) is 35.9 Å². The van der Waals surface area contributed by atoms with E-state index in [1.165, 1.54) is 0 Å². The fourth-order valence-electron chi connectivity index (χ4n) is 2.28. The number of nitrogens with one attached hydrogen (secondary N) is 1. The monoisotopic (exact) mass is 233 g/mol. The van der Waals surface area contributed by atoms with E-state index >= 15 is 0 Å². The van der Waals surface area contributed by atoms with Crippen molar-refractivity contribution in [2.45, 2.75) is 12.3 Å². The second kappa shape index (κ2) is 4.00. The molecule has 4 heteroatoms. The lowest BCUT2D eigenvalue weighted by Crippen LogP contribution is -2.10. The Labute approximate surface area is 98.8 Å². The van der Waals surface area contributed by atoms with Gasteiger partial charge in [0, 0.05) is 23.2 Å². The Bertz CT molecular complexity index is 521. The molecule has 1 N–H and O–H groups in total. The molecule has 0 spiro atoms. The second-order valence-corrected chi connectivity index (χ2v) is 4.47. The summed E-state index contributed by atoms with van der Waals surface area (Å²) in [5, 5.41) is 14.3. The zero-order valence-electron chi connectivity index (χ0n) is 8.78.